The third-order valence-corrected chi connectivity index (χ3v) is 8.05. The van der Waals surface area contributed by atoms with E-state index in [9.17, 15) is 19.5 Å². The average Bonchev–Trinajstić information content (AvgIpc) is 3.45. The van der Waals surface area contributed by atoms with Gasteiger partial charge in [0.15, 0.2) is 10.9 Å². The number of carbonyl (C=O) groups is 3. The average molecular weight is 512 g/mol. The van der Waals surface area contributed by atoms with Crippen molar-refractivity contribution >= 4 is 45.5 Å². The minimum absolute atomic E-state index is 0.0356. The van der Waals surface area contributed by atoms with Crippen LogP contribution in [0.3, 0.4) is 0 Å². The molecule has 4 rings (SSSR count). The van der Waals surface area contributed by atoms with E-state index in [1.807, 2.05) is 24.3 Å². The normalized spacial score (nSPS) is 15.9. The Kier molecular flexibility index (Phi) is 6.61. The highest BCUT2D eigenvalue weighted by Gasteiger charge is 2.46. The van der Waals surface area contributed by atoms with Crippen LogP contribution in [0.1, 0.15) is 72.7 Å². The number of aliphatic hydroxyl groups is 1. The SMILES string of the molecule is COC(=O)c1sc(N2C(=O)C(O)=C(C(=O)c3sc(C)nc3C)C2c2ccc(C(C)C)cc2)nc1C. The molecule has 8 nitrogen and oxygen atoms in total. The van der Waals surface area contributed by atoms with Gasteiger partial charge >= 0.3 is 5.97 Å². The number of rotatable bonds is 6. The van der Waals surface area contributed by atoms with E-state index in [0.29, 0.717) is 32.8 Å². The predicted octanol–water partition coefficient (Wildman–Crippen LogP) is 5.22. The molecular formula is C25H25N3O5S2. The fourth-order valence-corrected chi connectivity index (χ4v) is 5.93. The molecule has 0 aliphatic carbocycles. The van der Waals surface area contributed by atoms with Gasteiger partial charge in [-0.2, -0.15) is 0 Å². The molecule has 10 heteroatoms. The van der Waals surface area contributed by atoms with E-state index >= 15 is 0 Å². The molecule has 0 bridgehead atoms. The summed E-state index contributed by atoms with van der Waals surface area (Å²) in [7, 11) is 1.27. The number of aliphatic hydroxyl groups excluding tert-OH is 1. The molecule has 1 unspecified atom stereocenters. The fourth-order valence-electron chi connectivity index (χ4n) is 4.04. The quantitative estimate of drug-likeness (QED) is 0.357. The number of ketones is 1. The molecule has 0 spiro atoms. The molecule has 0 saturated carbocycles. The number of aromatic nitrogens is 2. The first-order valence-corrected chi connectivity index (χ1v) is 12.6. The Morgan fingerprint density at radius 3 is 2.20 bits per heavy atom. The van der Waals surface area contributed by atoms with Gasteiger partial charge in [0.25, 0.3) is 5.91 Å². The van der Waals surface area contributed by atoms with Gasteiger partial charge in [0, 0.05) is 0 Å². The van der Waals surface area contributed by atoms with Gasteiger partial charge in [0.1, 0.15) is 4.88 Å². The van der Waals surface area contributed by atoms with Crippen LogP contribution in [0.2, 0.25) is 0 Å². The summed E-state index contributed by atoms with van der Waals surface area (Å²) < 4.78 is 4.83. The Labute approximate surface area is 210 Å². The molecule has 1 amide bonds. The van der Waals surface area contributed by atoms with Crippen molar-refractivity contribution < 1.29 is 24.2 Å². The lowest BCUT2D eigenvalue weighted by Crippen LogP contribution is -2.31. The van der Waals surface area contributed by atoms with Gasteiger partial charge in [-0.25, -0.2) is 14.8 Å². The number of benzene rings is 1. The maximum Gasteiger partial charge on any atom is 0.350 e. The summed E-state index contributed by atoms with van der Waals surface area (Å²) in [6, 6.07) is 6.65. The van der Waals surface area contributed by atoms with Crippen LogP contribution in [-0.4, -0.2) is 39.8 Å². The van der Waals surface area contributed by atoms with E-state index in [1.54, 1.807) is 20.8 Å². The zero-order valence-corrected chi connectivity index (χ0v) is 21.8. The van der Waals surface area contributed by atoms with Crippen LogP contribution in [0.4, 0.5) is 5.13 Å². The van der Waals surface area contributed by atoms with Crippen molar-refractivity contribution in [1.29, 1.82) is 0 Å². The van der Waals surface area contributed by atoms with Gasteiger partial charge in [0.05, 0.1) is 40.0 Å². The van der Waals surface area contributed by atoms with Gasteiger partial charge in [-0.1, -0.05) is 49.4 Å². The lowest BCUT2D eigenvalue weighted by Gasteiger charge is -2.24. The number of anilines is 1. The predicted molar refractivity (Wildman–Crippen MR) is 135 cm³/mol. The molecule has 0 radical (unpaired) electrons. The summed E-state index contributed by atoms with van der Waals surface area (Å²) in [5, 5.41) is 11.9. The van der Waals surface area contributed by atoms with Crippen LogP contribution in [0.15, 0.2) is 35.6 Å². The molecule has 1 atom stereocenters. The van der Waals surface area contributed by atoms with Crippen molar-refractivity contribution in [3.63, 3.8) is 0 Å². The van der Waals surface area contributed by atoms with Crippen LogP contribution in [-0.2, 0) is 9.53 Å². The number of esters is 1. The summed E-state index contributed by atoms with van der Waals surface area (Å²) >= 11 is 2.20. The van der Waals surface area contributed by atoms with Gasteiger partial charge in [0.2, 0.25) is 5.78 Å². The van der Waals surface area contributed by atoms with Crippen LogP contribution < -0.4 is 4.90 Å². The number of hydrogen-bond acceptors (Lipinski definition) is 9. The molecule has 182 valence electrons. The third kappa shape index (κ3) is 4.28. The highest BCUT2D eigenvalue weighted by Crippen LogP contribution is 2.44. The summed E-state index contributed by atoms with van der Waals surface area (Å²) in [5.41, 5.74) is 2.63. The van der Waals surface area contributed by atoms with Crippen molar-refractivity contribution in [2.75, 3.05) is 12.0 Å². The molecule has 2 aromatic heterocycles. The molecule has 0 saturated heterocycles. The fraction of sp³-hybridized carbons (Fsp3) is 0.320. The number of methoxy groups -OCH3 is 1. The van der Waals surface area contributed by atoms with Crippen LogP contribution in [0.25, 0.3) is 0 Å². The van der Waals surface area contributed by atoms with E-state index in [2.05, 4.69) is 23.8 Å². The van der Waals surface area contributed by atoms with E-state index < -0.39 is 29.5 Å². The Hall–Kier alpha value is -3.37. The monoisotopic (exact) mass is 511 g/mol. The standard InChI is InChI=1S/C25H25N3O5S2/c1-11(2)15-7-9-16(10-8-15)18-17(19(29)21-12(3)26-14(5)34-21)20(30)23(31)28(18)25-27-13(4)22(35-25)24(32)33-6/h7-11,18,30H,1-6H3. The lowest BCUT2D eigenvalue weighted by molar-refractivity contribution is -0.117. The van der Waals surface area contributed by atoms with Gasteiger partial charge in [-0.3, -0.25) is 14.5 Å². The van der Waals surface area contributed by atoms with E-state index in [1.165, 1.54) is 23.3 Å². The molecule has 1 aliphatic rings. The molecule has 35 heavy (non-hydrogen) atoms. The number of hydrogen-bond donors (Lipinski definition) is 1. The van der Waals surface area contributed by atoms with E-state index in [4.69, 9.17) is 4.74 Å². The van der Waals surface area contributed by atoms with Crippen LogP contribution >= 0.6 is 22.7 Å². The lowest BCUT2D eigenvalue weighted by atomic mass is 9.93. The Bertz CT molecular complexity index is 1370. The van der Waals surface area contributed by atoms with Crippen LogP contribution in [0.5, 0.6) is 0 Å². The van der Waals surface area contributed by atoms with Crippen molar-refractivity contribution in [3.8, 4) is 0 Å². The number of nitrogens with zero attached hydrogens (tertiary/aromatic N) is 3. The maximum absolute atomic E-state index is 13.7. The number of aryl methyl sites for hydroxylation is 3. The minimum atomic E-state index is -0.922. The van der Waals surface area contributed by atoms with Crippen molar-refractivity contribution in [2.45, 2.75) is 46.6 Å². The smallest absolute Gasteiger partial charge is 0.350 e. The number of amides is 1. The number of ether oxygens (including phenoxy) is 1. The summed E-state index contributed by atoms with van der Waals surface area (Å²) in [6.45, 7) is 9.30. The zero-order valence-electron chi connectivity index (χ0n) is 20.2. The third-order valence-electron chi connectivity index (χ3n) is 5.84. The Morgan fingerprint density at radius 1 is 1.03 bits per heavy atom. The first-order valence-electron chi connectivity index (χ1n) is 11.0. The molecule has 3 aromatic rings. The second-order valence-electron chi connectivity index (χ2n) is 8.54. The summed E-state index contributed by atoms with van der Waals surface area (Å²) in [5.74, 6) is -2.12. The topological polar surface area (TPSA) is 110 Å². The van der Waals surface area contributed by atoms with Gasteiger partial charge < -0.3 is 9.84 Å². The zero-order chi connectivity index (χ0) is 25.6. The van der Waals surface area contributed by atoms with Crippen LogP contribution in [0, 0.1) is 20.8 Å². The van der Waals surface area contributed by atoms with Crippen molar-refractivity contribution in [3.05, 3.63) is 72.9 Å². The number of carbonyl (C=O) groups excluding carboxylic acids is 3. The van der Waals surface area contributed by atoms with Gasteiger partial charge in [-0.05, 0) is 37.8 Å². The number of thiazole rings is 2. The summed E-state index contributed by atoms with van der Waals surface area (Å²) in [6.07, 6.45) is 0. The van der Waals surface area contributed by atoms with Gasteiger partial charge in [-0.15, -0.1) is 11.3 Å². The second kappa shape index (κ2) is 9.35. The Balaban J connectivity index is 1.88. The second-order valence-corrected chi connectivity index (χ2v) is 10.7. The van der Waals surface area contributed by atoms with Crippen molar-refractivity contribution in [2.24, 2.45) is 0 Å². The number of Topliss-reactive ketones (excluding diaryl/α,β-unsaturated/α-hetero) is 1. The molecular weight excluding hydrogens is 486 g/mol. The largest absolute Gasteiger partial charge is 0.503 e. The van der Waals surface area contributed by atoms with E-state index in [0.717, 1.165) is 16.9 Å². The van der Waals surface area contributed by atoms with Crippen molar-refractivity contribution in [1.82, 2.24) is 9.97 Å². The summed E-state index contributed by atoms with van der Waals surface area (Å²) in [4.78, 5) is 49.9. The van der Waals surface area contributed by atoms with E-state index in [-0.39, 0.29) is 15.6 Å². The first-order chi connectivity index (χ1) is 16.5. The molecule has 0 fully saturated rings. The highest BCUT2D eigenvalue weighted by molar-refractivity contribution is 7.17. The molecule has 1 aliphatic heterocycles. The maximum atomic E-state index is 13.7. The first kappa shape index (κ1) is 24.7. The molecule has 1 N–H and O–H groups in total. The minimum Gasteiger partial charge on any atom is -0.503 e. The molecule has 1 aromatic carbocycles. The highest BCUT2D eigenvalue weighted by atomic mass is 32.1. The molecule has 3 heterocycles. The Morgan fingerprint density at radius 2 is 1.66 bits per heavy atom.